The van der Waals surface area contributed by atoms with Crippen LogP contribution in [0.3, 0.4) is 0 Å². The third-order valence-electron chi connectivity index (χ3n) is 6.42. The molecule has 33 heavy (non-hydrogen) atoms. The molecule has 0 unspecified atom stereocenters. The number of nitrogens with one attached hydrogen (secondary N) is 1. The van der Waals surface area contributed by atoms with Gasteiger partial charge < -0.3 is 14.5 Å². The molecule has 2 aromatic carbocycles. The fraction of sp³-hybridized carbons (Fsp3) is 0.348. The number of benzene rings is 2. The number of hydrogen-bond acceptors (Lipinski definition) is 3. The molecule has 0 radical (unpaired) electrons. The number of alkyl halides is 3. The molecule has 4 rings (SSSR count). The molecule has 1 fully saturated rings. The van der Waals surface area contributed by atoms with Crippen molar-refractivity contribution >= 4 is 17.1 Å². The van der Waals surface area contributed by atoms with Crippen LogP contribution in [0.15, 0.2) is 30.8 Å². The van der Waals surface area contributed by atoms with Crippen molar-refractivity contribution in [3.05, 3.63) is 65.2 Å². The molecule has 176 valence electrons. The van der Waals surface area contributed by atoms with E-state index in [1.165, 1.54) is 25.1 Å². The van der Waals surface area contributed by atoms with Crippen LogP contribution in [0.25, 0.3) is 17.1 Å². The number of aromatic nitrogens is 2. The van der Waals surface area contributed by atoms with Crippen LogP contribution >= 0.6 is 0 Å². The van der Waals surface area contributed by atoms with Crippen LogP contribution in [0.5, 0.6) is 5.75 Å². The zero-order chi connectivity index (χ0) is 24.3. The average Bonchev–Trinajstić information content (AvgIpc) is 3.28. The molecule has 1 aliphatic rings. The predicted octanol–water partition coefficient (Wildman–Crippen LogP) is 6.44. The lowest BCUT2D eigenvalue weighted by Gasteiger charge is -2.32. The Morgan fingerprint density at radius 3 is 2.48 bits per heavy atom. The average molecular weight is 470 g/mol. The third kappa shape index (κ3) is 3.47. The summed E-state index contributed by atoms with van der Waals surface area (Å²) in [5, 5.41) is 0. The van der Waals surface area contributed by atoms with Crippen LogP contribution in [-0.4, -0.2) is 28.9 Å². The normalized spacial score (nSPS) is 25.5. The Balaban J connectivity index is 1.92. The molecule has 0 amide bonds. The van der Waals surface area contributed by atoms with Crippen molar-refractivity contribution in [1.29, 1.82) is 0 Å². The lowest BCUT2D eigenvalue weighted by Crippen LogP contribution is -2.46. The molecule has 0 bridgehead atoms. The summed E-state index contributed by atoms with van der Waals surface area (Å²) in [5.74, 6) is -5.99. The molecule has 10 heteroatoms. The second kappa shape index (κ2) is 7.79. The van der Waals surface area contributed by atoms with Crippen LogP contribution in [-0.2, 0) is 4.74 Å². The predicted molar refractivity (Wildman–Crippen MR) is 109 cm³/mol. The Kier molecular flexibility index (Phi) is 5.47. The van der Waals surface area contributed by atoms with Crippen molar-refractivity contribution in [1.82, 2.24) is 9.97 Å². The maximum atomic E-state index is 14.5. The summed E-state index contributed by atoms with van der Waals surface area (Å²) >= 11 is 0. The molecule has 1 aromatic heterocycles. The van der Waals surface area contributed by atoms with Gasteiger partial charge in [0, 0.05) is 29.0 Å². The van der Waals surface area contributed by atoms with E-state index in [1.54, 1.807) is 0 Å². The SMILES string of the molecule is C=Cc1cc2nc([C@@H]3O[C@@](C)(C(F)(F)F)[C@@H](C)[C@H]3c3ccc(F)c(F)c3OC)[nH]c2cc1F. The van der Waals surface area contributed by atoms with E-state index in [0.29, 0.717) is 0 Å². The number of hydrogen-bond donors (Lipinski definition) is 1. The molecular formula is C23H20F6N2O2. The van der Waals surface area contributed by atoms with Gasteiger partial charge in [-0.2, -0.15) is 17.6 Å². The van der Waals surface area contributed by atoms with Gasteiger partial charge in [-0.15, -0.1) is 0 Å². The summed E-state index contributed by atoms with van der Waals surface area (Å²) in [6.07, 6.45) is -4.83. The monoisotopic (exact) mass is 470 g/mol. The molecule has 2 heterocycles. The van der Waals surface area contributed by atoms with Crippen LogP contribution in [0.4, 0.5) is 26.3 Å². The maximum Gasteiger partial charge on any atom is 0.417 e. The van der Waals surface area contributed by atoms with Gasteiger partial charge in [0.15, 0.2) is 17.2 Å². The highest BCUT2D eigenvalue weighted by atomic mass is 19.4. The number of H-pyrrole nitrogens is 1. The quantitative estimate of drug-likeness (QED) is 0.446. The number of halogens is 6. The lowest BCUT2D eigenvalue weighted by molar-refractivity contribution is -0.275. The van der Waals surface area contributed by atoms with Gasteiger partial charge >= 0.3 is 6.18 Å². The first-order valence-corrected chi connectivity index (χ1v) is 10.0. The van der Waals surface area contributed by atoms with E-state index >= 15 is 0 Å². The summed E-state index contributed by atoms with van der Waals surface area (Å²) in [6, 6.07) is 4.54. The fourth-order valence-electron chi connectivity index (χ4n) is 4.41. The third-order valence-corrected chi connectivity index (χ3v) is 6.42. The van der Waals surface area contributed by atoms with Gasteiger partial charge in [-0.05, 0) is 19.1 Å². The van der Waals surface area contributed by atoms with E-state index < -0.39 is 52.9 Å². The number of imidazole rings is 1. The highest BCUT2D eigenvalue weighted by molar-refractivity contribution is 5.78. The second-order valence-electron chi connectivity index (χ2n) is 8.16. The minimum Gasteiger partial charge on any atom is -0.493 e. The van der Waals surface area contributed by atoms with Crippen LogP contribution < -0.4 is 4.74 Å². The van der Waals surface area contributed by atoms with Crippen molar-refractivity contribution in [3.63, 3.8) is 0 Å². The molecule has 4 atom stereocenters. The van der Waals surface area contributed by atoms with E-state index in [-0.39, 0.29) is 28.0 Å². The number of nitrogens with zero attached hydrogens (tertiary/aromatic N) is 1. The van der Waals surface area contributed by atoms with Gasteiger partial charge in [-0.3, -0.25) is 0 Å². The highest BCUT2D eigenvalue weighted by Gasteiger charge is 2.65. The number of methoxy groups -OCH3 is 1. The molecule has 1 aliphatic heterocycles. The summed E-state index contributed by atoms with van der Waals surface area (Å²) in [4.78, 5) is 7.14. The van der Waals surface area contributed by atoms with Crippen molar-refractivity contribution in [2.24, 2.45) is 5.92 Å². The first-order chi connectivity index (χ1) is 15.4. The Labute approximate surface area is 185 Å². The standard InChI is InChI=1S/C23H20F6N2O2/c1-5-11-8-15-16(9-14(11)25)31-21(30-15)20-17(10(2)22(3,33-20)23(27,28)29)12-6-7-13(24)18(26)19(12)32-4/h5-10,17,20H,1H2,2-4H3,(H,30,31)/t10-,17-,20+,22+/m0/s1. The number of fused-ring (bicyclic) bond motifs is 1. The zero-order valence-corrected chi connectivity index (χ0v) is 17.9. The summed E-state index contributed by atoms with van der Waals surface area (Å²) < 4.78 is 95.2. The van der Waals surface area contributed by atoms with Crippen LogP contribution in [0.1, 0.15) is 42.8 Å². The van der Waals surface area contributed by atoms with E-state index in [2.05, 4.69) is 16.5 Å². The molecule has 4 nitrogen and oxygen atoms in total. The van der Waals surface area contributed by atoms with E-state index in [9.17, 15) is 26.3 Å². The smallest absolute Gasteiger partial charge is 0.417 e. The molecule has 0 saturated carbocycles. The van der Waals surface area contributed by atoms with Crippen LogP contribution in [0.2, 0.25) is 0 Å². The van der Waals surface area contributed by atoms with Gasteiger partial charge in [0.1, 0.15) is 17.7 Å². The lowest BCUT2D eigenvalue weighted by atomic mass is 9.77. The molecule has 3 aromatic rings. The van der Waals surface area contributed by atoms with Gasteiger partial charge in [-0.25, -0.2) is 13.8 Å². The molecule has 1 saturated heterocycles. The van der Waals surface area contributed by atoms with Crippen molar-refractivity contribution in [3.8, 4) is 5.75 Å². The van der Waals surface area contributed by atoms with E-state index in [1.807, 2.05) is 0 Å². The Morgan fingerprint density at radius 1 is 1.18 bits per heavy atom. The molecule has 0 spiro atoms. The molecule has 1 N–H and O–H groups in total. The minimum absolute atomic E-state index is 0.000271. The van der Waals surface area contributed by atoms with E-state index in [4.69, 9.17) is 9.47 Å². The van der Waals surface area contributed by atoms with Gasteiger partial charge in [0.2, 0.25) is 5.82 Å². The number of ether oxygens (including phenoxy) is 2. The summed E-state index contributed by atoms with van der Waals surface area (Å²) in [5.41, 5.74) is -1.94. The first kappa shape index (κ1) is 23.2. The maximum absolute atomic E-state index is 14.5. The first-order valence-electron chi connectivity index (χ1n) is 10.0. The highest BCUT2D eigenvalue weighted by Crippen LogP contribution is 2.59. The van der Waals surface area contributed by atoms with Crippen molar-refractivity contribution in [2.75, 3.05) is 7.11 Å². The van der Waals surface area contributed by atoms with Gasteiger partial charge in [0.05, 0.1) is 18.1 Å². The topological polar surface area (TPSA) is 47.1 Å². The Morgan fingerprint density at radius 2 is 1.88 bits per heavy atom. The van der Waals surface area contributed by atoms with Crippen LogP contribution in [0, 0.1) is 23.4 Å². The fourth-order valence-corrected chi connectivity index (χ4v) is 4.41. The molecular weight excluding hydrogens is 450 g/mol. The van der Waals surface area contributed by atoms with Gasteiger partial charge in [0.25, 0.3) is 0 Å². The van der Waals surface area contributed by atoms with E-state index in [0.717, 1.165) is 26.2 Å². The Hall–Kier alpha value is -3.01. The molecule has 0 aliphatic carbocycles. The minimum atomic E-state index is -4.78. The number of rotatable bonds is 4. The van der Waals surface area contributed by atoms with Crippen molar-refractivity contribution < 1.29 is 35.8 Å². The number of aromatic amines is 1. The largest absolute Gasteiger partial charge is 0.493 e. The second-order valence-corrected chi connectivity index (χ2v) is 8.16. The zero-order valence-electron chi connectivity index (χ0n) is 17.9. The summed E-state index contributed by atoms with van der Waals surface area (Å²) in [6.45, 7) is 5.73. The van der Waals surface area contributed by atoms with Gasteiger partial charge in [-0.1, -0.05) is 25.6 Å². The summed E-state index contributed by atoms with van der Waals surface area (Å²) in [7, 11) is 1.10. The Bertz CT molecular complexity index is 1240. The van der Waals surface area contributed by atoms with Crippen molar-refractivity contribution in [2.45, 2.75) is 37.6 Å².